The molecule has 29 heavy (non-hydrogen) atoms. The van der Waals surface area contributed by atoms with Crippen LogP contribution < -0.4 is 5.32 Å². The molecule has 3 N–H and O–H groups in total. The van der Waals surface area contributed by atoms with Gasteiger partial charge < -0.3 is 15.5 Å². The first-order chi connectivity index (χ1) is 13.2. The number of hydrogen-bond acceptors (Lipinski definition) is 5. The summed E-state index contributed by atoms with van der Waals surface area (Å²) < 4.78 is 79.1. The van der Waals surface area contributed by atoms with E-state index in [1.165, 1.54) is 6.92 Å². The summed E-state index contributed by atoms with van der Waals surface area (Å²) in [7, 11) is 0. The molecule has 0 amide bonds. The van der Waals surface area contributed by atoms with E-state index in [-0.39, 0.29) is 24.0 Å². The van der Waals surface area contributed by atoms with Crippen LogP contribution in [0.3, 0.4) is 0 Å². The van der Waals surface area contributed by atoms with Gasteiger partial charge in [0.15, 0.2) is 5.82 Å². The quantitative estimate of drug-likeness (QED) is 0.636. The minimum absolute atomic E-state index is 0.101. The van der Waals surface area contributed by atoms with E-state index in [1.54, 1.807) is 6.92 Å². The molecule has 0 aliphatic heterocycles. The van der Waals surface area contributed by atoms with Crippen molar-refractivity contribution in [3.05, 3.63) is 34.9 Å². The van der Waals surface area contributed by atoms with Gasteiger partial charge in [0.05, 0.1) is 16.9 Å². The average molecular weight is 421 g/mol. The van der Waals surface area contributed by atoms with Gasteiger partial charge in [0.2, 0.25) is 0 Å². The van der Waals surface area contributed by atoms with Crippen LogP contribution in [0, 0.1) is 6.92 Å². The van der Waals surface area contributed by atoms with Crippen molar-refractivity contribution < 1.29 is 36.6 Å². The molecule has 1 fully saturated rings. The Balaban J connectivity index is 2.01. The van der Waals surface area contributed by atoms with Gasteiger partial charge in [0.25, 0.3) is 0 Å². The van der Waals surface area contributed by atoms with Crippen LogP contribution in [0.4, 0.5) is 32.2 Å². The lowest BCUT2D eigenvalue weighted by atomic mass is 9.77. The molecule has 5 nitrogen and oxygen atoms in total. The van der Waals surface area contributed by atoms with E-state index >= 15 is 0 Å². The number of anilines is 1. The predicted octanol–water partition coefficient (Wildman–Crippen LogP) is 4.52. The molecule has 3 rings (SSSR count). The molecule has 0 atom stereocenters. The number of phenolic OH excluding ortho intramolecular Hbond substituents is 1. The third-order valence-corrected chi connectivity index (χ3v) is 4.71. The largest absolute Gasteiger partial charge is 0.507 e. The number of benzene rings is 1. The highest BCUT2D eigenvalue weighted by molar-refractivity contribution is 5.72. The van der Waals surface area contributed by atoms with E-state index in [0.29, 0.717) is 18.2 Å². The van der Waals surface area contributed by atoms with Crippen LogP contribution in [0.15, 0.2) is 18.2 Å². The normalized spacial score (nSPS) is 22.3. The zero-order valence-corrected chi connectivity index (χ0v) is 15.3. The second-order valence-electron chi connectivity index (χ2n) is 7.42. The Hall–Kier alpha value is -2.56. The van der Waals surface area contributed by atoms with E-state index in [4.69, 9.17) is 0 Å². The summed E-state index contributed by atoms with van der Waals surface area (Å²) in [6.45, 7) is 2.78. The number of aromatic hydroxyl groups is 1. The fourth-order valence-corrected chi connectivity index (χ4v) is 3.40. The molecular formula is C18H17F6N3O2. The molecule has 0 unspecified atom stereocenters. The number of aliphatic hydroxyl groups is 1. The molecule has 1 heterocycles. The molecule has 0 spiro atoms. The van der Waals surface area contributed by atoms with Crippen LogP contribution >= 0.6 is 0 Å². The predicted molar refractivity (Wildman–Crippen MR) is 91.1 cm³/mol. The number of aryl methyl sites for hydroxylation is 1. The molecule has 1 saturated carbocycles. The first-order valence-corrected chi connectivity index (χ1v) is 8.52. The van der Waals surface area contributed by atoms with Crippen molar-refractivity contribution >= 4 is 5.82 Å². The molecule has 1 aromatic carbocycles. The van der Waals surface area contributed by atoms with Gasteiger partial charge in [-0.3, -0.25) is 0 Å². The van der Waals surface area contributed by atoms with Gasteiger partial charge in [-0.15, -0.1) is 10.2 Å². The van der Waals surface area contributed by atoms with Crippen LogP contribution in [0.5, 0.6) is 5.75 Å². The van der Waals surface area contributed by atoms with Crippen LogP contribution in [0.25, 0.3) is 11.3 Å². The second kappa shape index (κ2) is 6.75. The molecular weight excluding hydrogens is 404 g/mol. The van der Waals surface area contributed by atoms with Crippen LogP contribution in [-0.4, -0.2) is 32.1 Å². The van der Waals surface area contributed by atoms with Gasteiger partial charge in [-0.1, -0.05) is 0 Å². The van der Waals surface area contributed by atoms with Crippen molar-refractivity contribution in [1.29, 1.82) is 0 Å². The van der Waals surface area contributed by atoms with Crippen molar-refractivity contribution in [2.24, 2.45) is 0 Å². The zero-order valence-electron chi connectivity index (χ0n) is 15.3. The molecule has 0 radical (unpaired) electrons. The number of alkyl halides is 6. The van der Waals surface area contributed by atoms with Gasteiger partial charge in [-0.2, -0.15) is 26.3 Å². The second-order valence-corrected chi connectivity index (χ2v) is 7.42. The molecule has 158 valence electrons. The number of rotatable bonds is 3. The molecule has 1 aliphatic carbocycles. The average Bonchev–Trinajstić information content (AvgIpc) is 2.51. The Bertz CT molecular complexity index is 909. The van der Waals surface area contributed by atoms with Crippen molar-refractivity contribution in [2.75, 3.05) is 5.32 Å². The first-order valence-electron chi connectivity index (χ1n) is 8.52. The summed E-state index contributed by atoms with van der Waals surface area (Å²) in [5.41, 5.74) is -4.05. The van der Waals surface area contributed by atoms with Gasteiger partial charge in [0, 0.05) is 11.6 Å². The number of nitrogens with zero attached hydrogens (tertiary/aromatic N) is 2. The van der Waals surface area contributed by atoms with Crippen LogP contribution in [0.1, 0.15) is 36.5 Å². The van der Waals surface area contributed by atoms with E-state index in [2.05, 4.69) is 15.5 Å². The van der Waals surface area contributed by atoms with Crippen molar-refractivity contribution in [3.63, 3.8) is 0 Å². The van der Waals surface area contributed by atoms with Gasteiger partial charge in [-0.05, 0) is 50.5 Å². The maximum Gasteiger partial charge on any atom is 0.420 e. The van der Waals surface area contributed by atoms with Gasteiger partial charge in [-0.25, -0.2) is 0 Å². The number of aromatic nitrogens is 2. The summed E-state index contributed by atoms with van der Waals surface area (Å²) in [4.78, 5) is 0. The smallest absolute Gasteiger partial charge is 0.420 e. The molecule has 0 bridgehead atoms. The Kier molecular flexibility index (Phi) is 4.93. The molecule has 1 aromatic heterocycles. The van der Waals surface area contributed by atoms with Crippen molar-refractivity contribution in [3.8, 4) is 17.0 Å². The summed E-state index contributed by atoms with van der Waals surface area (Å²) in [6.07, 6.45) is -9.09. The zero-order chi connectivity index (χ0) is 21.8. The fourth-order valence-electron chi connectivity index (χ4n) is 3.40. The van der Waals surface area contributed by atoms with Crippen molar-refractivity contribution in [2.45, 2.75) is 50.7 Å². The minimum Gasteiger partial charge on any atom is -0.507 e. The maximum absolute atomic E-state index is 13.5. The summed E-state index contributed by atoms with van der Waals surface area (Å²) in [5, 5.41) is 29.5. The van der Waals surface area contributed by atoms with Crippen LogP contribution in [0.2, 0.25) is 0 Å². The molecule has 2 aromatic rings. The number of nitrogens with one attached hydrogen (secondary N) is 1. The summed E-state index contributed by atoms with van der Waals surface area (Å²) in [6, 6.07) is 1.35. The van der Waals surface area contributed by atoms with E-state index in [1.807, 2.05) is 0 Å². The topological polar surface area (TPSA) is 78.3 Å². The number of phenols is 1. The Labute approximate surface area is 161 Å². The van der Waals surface area contributed by atoms with Gasteiger partial charge >= 0.3 is 12.4 Å². The van der Waals surface area contributed by atoms with E-state index in [0.717, 1.165) is 0 Å². The van der Waals surface area contributed by atoms with E-state index < -0.39 is 52.4 Å². The number of halogens is 6. The standard InChI is InChI=1S/C18H17F6N3O2/c1-8-3-9(17(19,20)21)4-13(28)14(8)12-5-11(18(22,23)24)15(27-26-12)25-10-6-16(2,29)7-10/h3-5,10,28-29H,6-7H2,1-2H3,(H,25,27). The van der Waals surface area contributed by atoms with Crippen LogP contribution in [-0.2, 0) is 12.4 Å². The lowest BCUT2D eigenvalue weighted by Gasteiger charge is -2.41. The highest BCUT2D eigenvalue weighted by atomic mass is 19.4. The number of hydrogen-bond donors (Lipinski definition) is 3. The molecule has 0 saturated heterocycles. The summed E-state index contributed by atoms with van der Waals surface area (Å²) in [5.74, 6) is -1.40. The third-order valence-electron chi connectivity index (χ3n) is 4.71. The lowest BCUT2D eigenvalue weighted by molar-refractivity contribution is -0.138. The lowest BCUT2D eigenvalue weighted by Crippen LogP contribution is -2.48. The maximum atomic E-state index is 13.5. The van der Waals surface area contributed by atoms with Gasteiger partial charge in [0.1, 0.15) is 11.3 Å². The van der Waals surface area contributed by atoms with E-state index in [9.17, 15) is 36.6 Å². The van der Waals surface area contributed by atoms with Crippen molar-refractivity contribution in [1.82, 2.24) is 10.2 Å². The summed E-state index contributed by atoms with van der Waals surface area (Å²) >= 11 is 0. The third kappa shape index (κ3) is 4.39. The highest BCUT2D eigenvalue weighted by Crippen LogP contribution is 2.42. The fraction of sp³-hybridized carbons (Fsp3) is 0.444. The monoisotopic (exact) mass is 421 g/mol. The first kappa shape index (κ1) is 21.2. The Morgan fingerprint density at radius 1 is 1.03 bits per heavy atom. The molecule has 11 heteroatoms. The molecule has 1 aliphatic rings. The SMILES string of the molecule is Cc1cc(C(F)(F)F)cc(O)c1-c1cc(C(F)(F)F)c(NC2CC(C)(O)C2)nn1. The highest BCUT2D eigenvalue weighted by Gasteiger charge is 2.41. The Morgan fingerprint density at radius 3 is 2.14 bits per heavy atom. The minimum atomic E-state index is -4.82. The Morgan fingerprint density at radius 2 is 1.66 bits per heavy atom.